The van der Waals surface area contributed by atoms with Crippen molar-refractivity contribution in [3.05, 3.63) is 12.0 Å². The van der Waals surface area contributed by atoms with E-state index in [2.05, 4.69) is 14.9 Å². The van der Waals surface area contributed by atoms with Crippen LogP contribution < -0.4 is 10.5 Å². The second kappa shape index (κ2) is 6.02. The molecule has 0 aliphatic carbocycles. The number of nitrogens with zero attached hydrogens (tertiary/aromatic N) is 3. The van der Waals surface area contributed by atoms with Gasteiger partial charge in [-0.05, 0) is 13.3 Å². The quantitative estimate of drug-likeness (QED) is 0.292. The Bertz CT molecular complexity index is 544. The maximum Gasteiger partial charge on any atom is 0.260 e. The molecule has 1 unspecified atom stereocenters. The van der Waals surface area contributed by atoms with Gasteiger partial charge in [-0.2, -0.15) is 4.72 Å². The van der Waals surface area contributed by atoms with Crippen LogP contribution in [0.2, 0.25) is 0 Å². The van der Waals surface area contributed by atoms with Crippen LogP contribution in [0.1, 0.15) is 25.6 Å². The molecule has 0 aromatic carbocycles. The van der Waals surface area contributed by atoms with E-state index in [-0.39, 0.29) is 10.9 Å². The Morgan fingerprint density at radius 2 is 2.32 bits per heavy atom. The van der Waals surface area contributed by atoms with E-state index in [0.29, 0.717) is 18.7 Å². The first-order valence-corrected chi connectivity index (χ1v) is 7.29. The van der Waals surface area contributed by atoms with E-state index in [1.807, 2.05) is 6.92 Å². The molecule has 0 aliphatic heterocycles. The molecule has 0 saturated heterocycles. The molecule has 1 rings (SSSR count). The number of imidazole rings is 1. The van der Waals surface area contributed by atoms with Crippen molar-refractivity contribution in [2.75, 3.05) is 0 Å². The molecule has 0 amide bonds. The third kappa shape index (κ3) is 3.67. The summed E-state index contributed by atoms with van der Waals surface area (Å²) in [5, 5.41) is 11.4. The number of rotatable bonds is 6. The van der Waals surface area contributed by atoms with Crippen molar-refractivity contribution < 1.29 is 13.6 Å². The second-order valence-electron chi connectivity index (χ2n) is 4.22. The average Bonchev–Trinajstić information content (AvgIpc) is 2.69. The molecule has 1 aromatic heterocycles. The van der Waals surface area contributed by atoms with Gasteiger partial charge in [-0.1, -0.05) is 18.5 Å². The minimum Gasteiger partial charge on any atom is -0.409 e. The van der Waals surface area contributed by atoms with Crippen LogP contribution in [0.5, 0.6) is 0 Å². The average molecular weight is 289 g/mol. The smallest absolute Gasteiger partial charge is 0.260 e. The number of nitrogens with one attached hydrogen (secondary N) is 1. The highest BCUT2D eigenvalue weighted by atomic mass is 32.2. The molecule has 0 aliphatic rings. The van der Waals surface area contributed by atoms with Crippen molar-refractivity contribution in [1.82, 2.24) is 14.3 Å². The molecule has 8 nitrogen and oxygen atoms in total. The summed E-state index contributed by atoms with van der Waals surface area (Å²) >= 11 is 0. The second-order valence-corrected chi connectivity index (χ2v) is 5.89. The Morgan fingerprint density at radius 1 is 1.68 bits per heavy atom. The molecule has 0 spiro atoms. The molecule has 0 fully saturated rings. The third-order valence-electron chi connectivity index (χ3n) is 2.71. The van der Waals surface area contributed by atoms with Crippen molar-refractivity contribution in [2.45, 2.75) is 37.8 Å². The van der Waals surface area contributed by atoms with Crippen LogP contribution in [-0.2, 0) is 17.1 Å². The number of nitrogens with two attached hydrogens (primary N) is 1. The first kappa shape index (κ1) is 15.4. The summed E-state index contributed by atoms with van der Waals surface area (Å²) in [7, 11) is -2.09. The van der Waals surface area contributed by atoms with Gasteiger partial charge in [0.05, 0.1) is 6.04 Å². The van der Waals surface area contributed by atoms with Crippen molar-refractivity contribution in [3.8, 4) is 0 Å². The van der Waals surface area contributed by atoms with Crippen molar-refractivity contribution in [1.29, 1.82) is 0 Å². The Balaban J connectivity index is 3.00. The highest BCUT2D eigenvalue weighted by Gasteiger charge is 2.25. The SMILES string of the molecule is CCCC(NS(=O)(=O)c1cn(C)c(C)n1)C(N)=NO. The zero-order chi connectivity index (χ0) is 14.6. The van der Waals surface area contributed by atoms with Gasteiger partial charge in [-0.15, -0.1) is 0 Å². The Kier molecular flexibility index (Phi) is 4.90. The fourth-order valence-electron chi connectivity index (χ4n) is 1.53. The lowest BCUT2D eigenvalue weighted by Gasteiger charge is -2.15. The number of amidine groups is 1. The minimum absolute atomic E-state index is 0.0839. The number of hydrogen-bond donors (Lipinski definition) is 3. The van der Waals surface area contributed by atoms with Gasteiger partial charge in [-0.25, -0.2) is 13.4 Å². The zero-order valence-corrected chi connectivity index (χ0v) is 12.0. The summed E-state index contributed by atoms with van der Waals surface area (Å²) in [5.74, 6) is 0.411. The third-order valence-corrected chi connectivity index (χ3v) is 4.05. The first-order chi connectivity index (χ1) is 8.81. The summed E-state index contributed by atoms with van der Waals surface area (Å²) in [6, 6.07) is -0.748. The lowest BCUT2D eigenvalue weighted by molar-refractivity contribution is 0.315. The molecule has 0 bridgehead atoms. The van der Waals surface area contributed by atoms with Gasteiger partial charge in [0, 0.05) is 13.2 Å². The predicted octanol–water partition coefficient (Wildman–Crippen LogP) is -0.0781. The van der Waals surface area contributed by atoms with Crippen molar-refractivity contribution >= 4 is 15.9 Å². The molecule has 1 heterocycles. The number of oxime groups is 1. The van der Waals surface area contributed by atoms with Crippen LogP contribution in [0.15, 0.2) is 16.4 Å². The molecule has 19 heavy (non-hydrogen) atoms. The van der Waals surface area contributed by atoms with Crippen molar-refractivity contribution in [2.24, 2.45) is 17.9 Å². The molecule has 4 N–H and O–H groups in total. The van der Waals surface area contributed by atoms with Gasteiger partial charge in [0.2, 0.25) is 0 Å². The van der Waals surface area contributed by atoms with Gasteiger partial charge >= 0.3 is 0 Å². The van der Waals surface area contributed by atoms with E-state index in [4.69, 9.17) is 10.9 Å². The summed E-state index contributed by atoms with van der Waals surface area (Å²) in [4.78, 5) is 3.95. The largest absolute Gasteiger partial charge is 0.409 e. The maximum absolute atomic E-state index is 12.1. The molecular weight excluding hydrogens is 270 g/mol. The van der Waals surface area contributed by atoms with Crippen LogP contribution in [0.3, 0.4) is 0 Å². The van der Waals surface area contributed by atoms with Crippen LogP contribution in [0.4, 0.5) is 0 Å². The fraction of sp³-hybridized carbons (Fsp3) is 0.600. The predicted molar refractivity (Wildman–Crippen MR) is 70.4 cm³/mol. The minimum atomic E-state index is -3.79. The maximum atomic E-state index is 12.1. The highest BCUT2D eigenvalue weighted by molar-refractivity contribution is 7.89. The van der Waals surface area contributed by atoms with Crippen LogP contribution in [0.25, 0.3) is 0 Å². The summed E-state index contributed by atoms with van der Waals surface area (Å²) in [6.07, 6.45) is 2.53. The van der Waals surface area contributed by atoms with Crippen LogP contribution >= 0.6 is 0 Å². The first-order valence-electron chi connectivity index (χ1n) is 5.81. The Morgan fingerprint density at radius 3 is 2.74 bits per heavy atom. The molecule has 9 heteroatoms. The van der Waals surface area contributed by atoms with E-state index < -0.39 is 16.1 Å². The van der Waals surface area contributed by atoms with E-state index >= 15 is 0 Å². The zero-order valence-electron chi connectivity index (χ0n) is 11.2. The fourth-order valence-corrected chi connectivity index (χ4v) is 2.81. The van der Waals surface area contributed by atoms with Gasteiger partial charge < -0.3 is 15.5 Å². The number of aromatic nitrogens is 2. The van der Waals surface area contributed by atoms with E-state index in [1.54, 1.807) is 18.5 Å². The lowest BCUT2D eigenvalue weighted by Crippen LogP contribution is -2.44. The monoisotopic (exact) mass is 289 g/mol. The molecule has 0 radical (unpaired) electrons. The number of sulfonamides is 1. The number of hydrogen-bond acceptors (Lipinski definition) is 5. The van der Waals surface area contributed by atoms with Gasteiger partial charge in [0.25, 0.3) is 10.0 Å². The van der Waals surface area contributed by atoms with E-state index in [1.165, 1.54) is 6.20 Å². The highest BCUT2D eigenvalue weighted by Crippen LogP contribution is 2.10. The lowest BCUT2D eigenvalue weighted by atomic mass is 10.2. The molecule has 1 aromatic rings. The van der Waals surface area contributed by atoms with Gasteiger partial charge in [0.15, 0.2) is 10.9 Å². The van der Waals surface area contributed by atoms with Crippen LogP contribution in [-0.4, -0.2) is 35.1 Å². The summed E-state index contributed by atoms with van der Waals surface area (Å²) in [5.41, 5.74) is 5.47. The van der Waals surface area contributed by atoms with Gasteiger partial charge in [-0.3, -0.25) is 0 Å². The molecule has 108 valence electrons. The molecule has 0 saturated carbocycles. The Labute approximate surface area is 112 Å². The standard InChI is InChI=1S/C10H19N5O3S/c1-4-5-8(10(11)13-16)14-19(17,18)9-6-15(3)7(2)12-9/h6,8,14,16H,4-5H2,1-3H3,(H2,11,13). The normalized spacial score (nSPS) is 14.6. The van der Waals surface area contributed by atoms with Gasteiger partial charge in [0.1, 0.15) is 5.82 Å². The molecule has 1 atom stereocenters. The Hall–Kier alpha value is -1.61. The van der Waals surface area contributed by atoms with E-state index in [9.17, 15) is 8.42 Å². The molecular formula is C10H19N5O3S. The number of aryl methyl sites for hydroxylation is 2. The van der Waals surface area contributed by atoms with Crippen LogP contribution in [0, 0.1) is 6.92 Å². The van der Waals surface area contributed by atoms with Crippen molar-refractivity contribution in [3.63, 3.8) is 0 Å². The summed E-state index contributed by atoms with van der Waals surface area (Å²) in [6.45, 7) is 3.57. The topological polar surface area (TPSA) is 123 Å². The van der Waals surface area contributed by atoms with E-state index in [0.717, 1.165) is 0 Å². The summed E-state index contributed by atoms with van der Waals surface area (Å²) < 4.78 is 28.2.